The molecule has 0 N–H and O–H groups in total. The van der Waals surface area contributed by atoms with E-state index in [2.05, 4.69) is 9.47 Å². The van der Waals surface area contributed by atoms with Crippen LogP contribution in [0.3, 0.4) is 0 Å². The summed E-state index contributed by atoms with van der Waals surface area (Å²) in [5.74, 6) is -0.197. The number of ether oxygens (including phenoxy) is 2. The Morgan fingerprint density at radius 3 is 2.82 bits per heavy atom. The molecular weight excluding hydrogens is 220 g/mol. The second-order valence-corrected chi connectivity index (χ2v) is 1.23. The van der Waals surface area contributed by atoms with Crippen LogP contribution in [0.4, 0.5) is 0 Å². The number of hydrogen-bond acceptors (Lipinski definition) is 4. The van der Waals surface area contributed by atoms with Crippen molar-refractivity contribution >= 4 is 6.47 Å². The first-order chi connectivity index (χ1) is 4.85. The number of hydrogen-bond donors (Lipinski definition) is 0. The van der Waals surface area contributed by atoms with Gasteiger partial charge in [0, 0.05) is 6.07 Å². The van der Waals surface area contributed by atoms with Crippen LogP contribution in [0.2, 0.25) is 0 Å². The fourth-order valence-corrected chi connectivity index (χ4v) is 0.277. The van der Waals surface area contributed by atoms with Crippen molar-refractivity contribution in [2.75, 3.05) is 6.61 Å². The number of nitrogens with zero attached hydrogens (tertiary/aromatic N) is 1. The Bertz CT molecular complexity index is 173. The van der Waals surface area contributed by atoms with Crippen molar-refractivity contribution in [1.29, 1.82) is 5.26 Å². The number of carbonyl (C=O) groups excluding carboxylic acids is 1. The van der Waals surface area contributed by atoms with E-state index in [1.165, 1.54) is 0 Å². The van der Waals surface area contributed by atoms with Crippen LogP contribution in [-0.2, 0) is 14.3 Å². The van der Waals surface area contributed by atoms with Crippen molar-refractivity contribution in [3.63, 3.8) is 0 Å². The van der Waals surface area contributed by atoms with Crippen LogP contribution in [0.15, 0.2) is 12.0 Å². The van der Waals surface area contributed by atoms with Gasteiger partial charge in [0.1, 0.15) is 0 Å². The van der Waals surface area contributed by atoms with E-state index < -0.39 is 0 Å². The smallest absolute Gasteiger partial charge is 0.600 e. The minimum Gasteiger partial charge on any atom is -0.600 e. The summed E-state index contributed by atoms with van der Waals surface area (Å²) in [5, 5.41) is 8.18. The average molecular weight is 226 g/mol. The zero-order chi connectivity index (χ0) is 7.82. The van der Waals surface area contributed by atoms with Crippen LogP contribution in [0.1, 0.15) is 6.92 Å². The second kappa shape index (κ2) is 10.3. The molecule has 0 aromatic rings. The fraction of sp³-hybridized carbons (Fsp3) is 0.333. The molecule has 0 amide bonds. The Balaban J connectivity index is 0. The van der Waals surface area contributed by atoms with E-state index in [0.717, 1.165) is 12.7 Å². The van der Waals surface area contributed by atoms with Gasteiger partial charge in [0.25, 0.3) is 0 Å². The molecule has 0 aliphatic carbocycles. The molecule has 4 nitrogen and oxygen atoms in total. The van der Waals surface area contributed by atoms with Gasteiger partial charge < -0.3 is 14.3 Å². The van der Waals surface area contributed by atoms with Gasteiger partial charge in [-0.05, 0) is 6.92 Å². The maximum absolute atomic E-state index is 9.54. The second-order valence-electron chi connectivity index (χ2n) is 1.23. The number of rotatable bonds is 4. The monoisotopic (exact) mass is 225 g/mol. The molecular formula is C6H6NO3Rb. The molecule has 0 spiro atoms. The molecule has 0 aliphatic heterocycles. The van der Waals surface area contributed by atoms with Crippen LogP contribution in [-0.4, -0.2) is 13.1 Å². The van der Waals surface area contributed by atoms with Gasteiger partial charge in [0.15, 0.2) is 6.47 Å². The molecule has 0 radical (unpaired) electrons. The van der Waals surface area contributed by atoms with Gasteiger partial charge in [-0.2, -0.15) is 0 Å². The fourth-order valence-electron chi connectivity index (χ4n) is 0.277. The molecule has 0 rings (SSSR count). The molecule has 0 aromatic heterocycles. The topological polar surface area (TPSA) is 59.3 Å². The van der Waals surface area contributed by atoms with E-state index in [0.29, 0.717) is 6.61 Å². The average Bonchev–Trinajstić information content (AvgIpc) is 1.98. The van der Waals surface area contributed by atoms with E-state index in [1.807, 2.05) is 0 Å². The summed E-state index contributed by atoms with van der Waals surface area (Å²) in [6, 6.07) is 1.59. The third-order valence-electron chi connectivity index (χ3n) is 0.619. The molecule has 0 saturated heterocycles. The number of nitriles is 1. The molecule has 0 unspecified atom stereocenters. The summed E-state index contributed by atoms with van der Waals surface area (Å²) < 4.78 is 8.71. The third-order valence-corrected chi connectivity index (χ3v) is 0.619. The molecule has 0 bridgehead atoms. The van der Waals surface area contributed by atoms with Crippen molar-refractivity contribution < 1.29 is 72.5 Å². The maximum Gasteiger partial charge on any atom is 1.00 e. The van der Waals surface area contributed by atoms with Crippen molar-refractivity contribution in [3.05, 3.63) is 12.0 Å². The Morgan fingerprint density at radius 1 is 1.82 bits per heavy atom. The molecule has 0 atom stereocenters. The predicted molar refractivity (Wildman–Crippen MR) is 32.1 cm³/mol. The molecule has 11 heavy (non-hydrogen) atoms. The van der Waals surface area contributed by atoms with Crippen molar-refractivity contribution in [3.8, 4) is 6.07 Å². The zero-order valence-corrected chi connectivity index (χ0v) is 11.4. The summed E-state index contributed by atoms with van der Waals surface area (Å²) in [6.07, 6.45) is 1.06. The van der Waals surface area contributed by atoms with Gasteiger partial charge in [-0.1, -0.05) is 0 Å². The maximum atomic E-state index is 9.54. The van der Waals surface area contributed by atoms with Crippen molar-refractivity contribution in [1.82, 2.24) is 0 Å². The minimum atomic E-state index is -0.197. The van der Waals surface area contributed by atoms with Crippen molar-refractivity contribution in [2.24, 2.45) is 0 Å². The van der Waals surface area contributed by atoms with Crippen molar-refractivity contribution in [2.45, 2.75) is 6.92 Å². The minimum absolute atomic E-state index is 0. The quantitative estimate of drug-likeness (QED) is 0.301. The van der Waals surface area contributed by atoms with Gasteiger partial charge in [-0.25, -0.2) is 5.26 Å². The van der Waals surface area contributed by atoms with Gasteiger partial charge in [0.05, 0.1) is 18.6 Å². The zero-order valence-electron chi connectivity index (χ0n) is 6.46. The molecule has 0 aromatic carbocycles. The molecule has 5 heteroatoms. The SMILES string of the molecule is CCO/C=C(\C#N)O[C-]=O.[Rb+]. The summed E-state index contributed by atoms with van der Waals surface area (Å²) >= 11 is 0. The first kappa shape index (κ1) is 13.9. The Kier molecular flexibility index (Phi) is 13.0. The van der Waals surface area contributed by atoms with Gasteiger partial charge in [-0.3, -0.25) is 0 Å². The van der Waals surface area contributed by atoms with Crippen LogP contribution >= 0.6 is 0 Å². The standard InChI is InChI=1S/C6H6NO3.Rb/c1-2-9-4-6(3-7)10-5-8;/h4H,2H2,1H3;/q-1;+1/b6-4+;. The third kappa shape index (κ3) is 8.21. The van der Waals surface area contributed by atoms with E-state index in [4.69, 9.17) is 5.26 Å². The van der Waals surface area contributed by atoms with E-state index in [9.17, 15) is 4.79 Å². The largest absolute Gasteiger partial charge is 1.00 e. The van der Waals surface area contributed by atoms with Gasteiger partial charge in [-0.15, -0.1) is 0 Å². The Labute approximate surface area is 114 Å². The molecule has 0 saturated carbocycles. The number of allylic oxidation sites excluding steroid dienone is 1. The van der Waals surface area contributed by atoms with Crippen LogP contribution in [0.25, 0.3) is 0 Å². The summed E-state index contributed by atoms with van der Waals surface area (Å²) in [6.45, 7) is 3.28. The predicted octanol–water partition coefficient (Wildman–Crippen LogP) is -2.52. The molecule has 0 fully saturated rings. The first-order valence-corrected chi connectivity index (χ1v) is 2.61. The van der Waals surface area contributed by atoms with Crippen LogP contribution in [0.5, 0.6) is 0 Å². The van der Waals surface area contributed by atoms with E-state index in [1.54, 1.807) is 13.0 Å². The summed E-state index contributed by atoms with van der Waals surface area (Å²) in [4.78, 5) is 9.54. The van der Waals surface area contributed by atoms with E-state index in [-0.39, 0.29) is 63.9 Å². The van der Waals surface area contributed by atoms with Gasteiger partial charge in [0.2, 0.25) is 0 Å². The van der Waals surface area contributed by atoms with Crippen LogP contribution in [0, 0.1) is 11.3 Å². The Hall–Kier alpha value is 0.305. The molecule has 0 heterocycles. The Morgan fingerprint density at radius 2 is 2.45 bits per heavy atom. The molecule has 0 aliphatic rings. The van der Waals surface area contributed by atoms with Crippen LogP contribution < -0.4 is 58.2 Å². The van der Waals surface area contributed by atoms with Gasteiger partial charge >= 0.3 is 58.2 Å². The summed E-state index contributed by atoms with van der Waals surface area (Å²) in [5.41, 5.74) is 0. The molecule has 54 valence electrons. The van der Waals surface area contributed by atoms with E-state index >= 15 is 0 Å². The normalized spacial score (nSPS) is 8.91. The first-order valence-electron chi connectivity index (χ1n) is 2.61. The summed E-state index contributed by atoms with van der Waals surface area (Å²) in [7, 11) is 0.